The van der Waals surface area contributed by atoms with Crippen LogP contribution in [-0.4, -0.2) is 47.6 Å². The normalized spacial score (nSPS) is 20.7. The van der Waals surface area contributed by atoms with Gasteiger partial charge in [0.2, 0.25) is 0 Å². The molecule has 2 aliphatic rings. The van der Waals surface area contributed by atoms with Crippen molar-refractivity contribution in [2.24, 2.45) is 5.92 Å². The summed E-state index contributed by atoms with van der Waals surface area (Å²) in [5, 5.41) is 8.69. The molecule has 2 fully saturated rings. The summed E-state index contributed by atoms with van der Waals surface area (Å²) in [5.74, 6) is 1.85. The number of nitriles is 1. The zero-order valence-corrected chi connectivity index (χ0v) is 10.4. The number of rotatable bonds is 3. The summed E-state index contributed by atoms with van der Waals surface area (Å²) in [6.45, 7) is 5.50. The fraction of sp³-hybridized carbons (Fsp3) is 0.615. The molecule has 1 saturated carbocycles. The lowest BCUT2D eigenvalue weighted by Gasteiger charge is -2.35. The summed E-state index contributed by atoms with van der Waals surface area (Å²) in [6.07, 6.45) is 6.09. The zero-order chi connectivity index (χ0) is 12.4. The number of aromatic nitrogens is 2. The molecule has 94 valence electrons. The van der Waals surface area contributed by atoms with Gasteiger partial charge in [0.15, 0.2) is 5.69 Å². The second-order valence-electron chi connectivity index (χ2n) is 5.10. The molecule has 1 aromatic heterocycles. The van der Waals surface area contributed by atoms with Gasteiger partial charge in [-0.15, -0.1) is 0 Å². The van der Waals surface area contributed by atoms with Crippen LogP contribution in [0.2, 0.25) is 0 Å². The molecule has 0 spiro atoms. The topological polar surface area (TPSA) is 56.1 Å². The van der Waals surface area contributed by atoms with Crippen LogP contribution in [0, 0.1) is 17.2 Å². The van der Waals surface area contributed by atoms with Crippen LogP contribution in [-0.2, 0) is 0 Å². The Labute approximate surface area is 107 Å². The van der Waals surface area contributed by atoms with Crippen LogP contribution >= 0.6 is 0 Å². The smallest absolute Gasteiger partial charge is 0.158 e. The van der Waals surface area contributed by atoms with Crippen LogP contribution < -0.4 is 4.90 Å². The van der Waals surface area contributed by atoms with E-state index in [-0.39, 0.29) is 0 Å². The Morgan fingerprint density at radius 2 is 1.94 bits per heavy atom. The zero-order valence-electron chi connectivity index (χ0n) is 10.4. The van der Waals surface area contributed by atoms with Gasteiger partial charge in [-0.05, 0) is 18.8 Å². The Kier molecular flexibility index (Phi) is 3.11. The first kappa shape index (κ1) is 11.4. The predicted octanol–water partition coefficient (Wildman–Crippen LogP) is 0.880. The van der Waals surface area contributed by atoms with Gasteiger partial charge in [-0.2, -0.15) is 5.26 Å². The molecule has 3 rings (SSSR count). The van der Waals surface area contributed by atoms with E-state index < -0.39 is 0 Å². The van der Waals surface area contributed by atoms with Crippen LogP contribution in [0.5, 0.6) is 0 Å². The van der Waals surface area contributed by atoms with Crippen molar-refractivity contribution in [1.29, 1.82) is 5.26 Å². The number of nitrogens with zero attached hydrogens (tertiary/aromatic N) is 5. The van der Waals surface area contributed by atoms with E-state index >= 15 is 0 Å². The van der Waals surface area contributed by atoms with E-state index in [0.717, 1.165) is 37.9 Å². The third-order valence-electron chi connectivity index (χ3n) is 3.66. The summed E-state index contributed by atoms with van der Waals surface area (Å²) in [7, 11) is 0. The number of hydrogen-bond acceptors (Lipinski definition) is 5. The van der Waals surface area contributed by atoms with Gasteiger partial charge in [0.25, 0.3) is 0 Å². The van der Waals surface area contributed by atoms with Crippen LogP contribution in [0.1, 0.15) is 18.5 Å². The molecule has 0 atom stereocenters. The molecule has 5 heteroatoms. The highest BCUT2D eigenvalue weighted by Crippen LogP contribution is 2.30. The SMILES string of the molecule is N#Cc1cnc(N2CCN(CC3CC3)CC2)cn1. The van der Waals surface area contributed by atoms with E-state index in [2.05, 4.69) is 19.8 Å². The van der Waals surface area contributed by atoms with Crippen molar-refractivity contribution in [2.45, 2.75) is 12.8 Å². The van der Waals surface area contributed by atoms with Crippen molar-refractivity contribution in [3.05, 3.63) is 18.1 Å². The lowest BCUT2D eigenvalue weighted by Crippen LogP contribution is -2.47. The Hall–Kier alpha value is -1.67. The summed E-state index contributed by atoms with van der Waals surface area (Å²) in [4.78, 5) is 13.2. The minimum absolute atomic E-state index is 0.381. The van der Waals surface area contributed by atoms with Gasteiger partial charge in [-0.25, -0.2) is 9.97 Å². The molecule has 1 aromatic rings. The van der Waals surface area contributed by atoms with Crippen molar-refractivity contribution < 1.29 is 0 Å². The largest absolute Gasteiger partial charge is 0.353 e. The summed E-state index contributed by atoms with van der Waals surface area (Å²) in [6, 6.07) is 1.99. The number of hydrogen-bond donors (Lipinski definition) is 0. The van der Waals surface area contributed by atoms with Crippen molar-refractivity contribution >= 4 is 5.82 Å². The molecule has 2 heterocycles. The highest BCUT2D eigenvalue weighted by Gasteiger charge is 2.26. The van der Waals surface area contributed by atoms with Crippen LogP contribution in [0.4, 0.5) is 5.82 Å². The molecular formula is C13H17N5. The first-order chi connectivity index (χ1) is 8.85. The molecule has 5 nitrogen and oxygen atoms in total. The molecule has 1 aliphatic heterocycles. The highest BCUT2D eigenvalue weighted by atomic mass is 15.3. The fourth-order valence-electron chi connectivity index (χ4n) is 2.37. The molecule has 1 saturated heterocycles. The first-order valence-electron chi connectivity index (χ1n) is 6.54. The van der Waals surface area contributed by atoms with Gasteiger partial charge in [0.05, 0.1) is 12.4 Å². The van der Waals surface area contributed by atoms with Gasteiger partial charge in [0, 0.05) is 32.7 Å². The van der Waals surface area contributed by atoms with Crippen molar-refractivity contribution in [2.75, 3.05) is 37.6 Å². The Morgan fingerprint density at radius 3 is 2.50 bits per heavy atom. The fourth-order valence-corrected chi connectivity index (χ4v) is 2.37. The minimum atomic E-state index is 0.381. The summed E-state index contributed by atoms with van der Waals surface area (Å²) >= 11 is 0. The standard InChI is InChI=1S/C13H17N5/c14-7-12-8-16-13(9-15-12)18-5-3-17(4-6-18)10-11-1-2-11/h8-9,11H,1-6,10H2. The van der Waals surface area contributed by atoms with Crippen LogP contribution in [0.3, 0.4) is 0 Å². The van der Waals surface area contributed by atoms with Crippen molar-refractivity contribution in [3.8, 4) is 6.07 Å². The number of piperazine rings is 1. The molecule has 1 aliphatic carbocycles. The highest BCUT2D eigenvalue weighted by molar-refractivity contribution is 5.37. The van der Waals surface area contributed by atoms with Crippen LogP contribution in [0.25, 0.3) is 0 Å². The molecule has 0 radical (unpaired) electrons. The van der Waals surface area contributed by atoms with Gasteiger partial charge in [-0.3, -0.25) is 4.90 Å². The molecule has 0 bridgehead atoms. The lowest BCUT2D eigenvalue weighted by molar-refractivity contribution is 0.247. The maximum atomic E-state index is 8.69. The minimum Gasteiger partial charge on any atom is -0.353 e. The summed E-state index contributed by atoms with van der Waals surface area (Å²) in [5.41, 5.74) is 0.381. The predicted molar refractivity (Wildman–Crippen MR) is 68.1 cm³/mol. The maximum Gasteiger partial charge on any atom is 0.158 e. The maximum absolute atomic E-state index is 8.69. The van der Waals surface area contributed by atoms with E-state index in [4.69, 9.17) is 5.26 Å². The average Bonchev–Trinajstić information content (AvgIpc) is 3.24. The van der Waals surface area contributed by atoms with E-state index in [1.54, 1.807) is 12.4 Å². The van der Waals surface area contributed by atoms with E-state index in [0.29, 0.717) is 5.69 Å². The molecule has 18 heavy (non-hydrogen) atoms. The molecule has 0 amide bonds. The van der Waals surface area contributed by atoms with E-state index in [9.17, 15) is 0 Å². The Balaban J connectivity index is 1.56. The van der Waals surface area contributed by atoms with Gasteiger partial charge >= 0.3 is 0 Å². The second kappa shape index (κ2) is 4.91. The van der Waals surface area contributed by atoms with E-state index in [1.807, 2.05) is 6.07 Å². The van der Waals surface area contributed by atoms with Gasteiger partial charge in [0.1, 0.15) is 11.9 Å². The average molecular weight is 243 g/mol. The Morgan fingerprint density at radius 1 is 1.17 bits per heavy atom. The second-order valence-corrected chi connectivity index (χ2v) is 5.10. The van der Waals surface area contributed by atoms with Gasteiger partial charge in [-0.1, -0.05) is 0 Å². The monoisotopic (exact) mass is 243 g/mol. The first-order valence-corrected chi connectivity index (χ1v) is 6.54. The summed E-state index contributed by atoms with van der Waals surface area (Å²) < 4.78 is 0. The molecule has 0 unspecified atom stereocenters. The van der Waals surface area contributed by atoms with Crippen molar-refractivity contribution in [1.82, 2.24) is 14.9 Å². The Bertz CT molecular complexity index is 437. The van der Waals surface area contributed by atoms with Crippen molar-refractivity contribution in [3.63, 3.8) is 0 Å². The lowest BCUT2D eigenvalue weighted by atomic mass is 10.3. The van der Waals surface area contributed by atoms with Crippen LogP contribution in [0.15, 0.2) is 12.4 Å². The molecule has 0 N–H and O–H groups in total. The molecule has 0 aromatic carbocycles. The van der Waals surface area contributed by atoms with Gasteiger partial charge < -0.3 is 4.90 Å². The quantitative estimate of drug-likeness (QED) is 0.789. The number of anilines is 1. The van der Waals surface area contributed by atoms with E-state index in [1.165, 1.54) is 19.4 Å². The third-order valence-corrected chi connectivity index (χ3v) is 3.66. The molecular weight excluding hydrogens is 226 g/mol. The third kappa shape index (κ3) is 2.59.